The number of amides is 1. The Balaban J connectivity index is 1.94. The van der Waals surface area contributed by atoms with E-state index in [2.05, 4.69) is 5.32 Å². The lowest BCUT2D eigenvalue weighted by molar-refractivity contribution is -0.121. The number of aromatic nitrogens is 1. The van der Waals surface area contributed by atoms with Crippen LogP contribution in [0.1, 0.15) is 18.0 Å². The van der Waals surface area contributed by atoms with Gasteiger partial charge in [-0.15, -0.1) is 0 Å². The van der Waals surface area contributed by atoms with Crippen molar-refractivity contribution in [3.8, 4) is 0 Å². The fourth-order valence-electron chi connectivity index (χ4n) is 2.17. The maximum atomic E-state index is 12.2. The van der Waals surface area contributed by atoms with Gasteiger partial charge in [0.25, 0.3) is 0 Å². The van der Waals surface area contributed by atoms with Crippen LogP contribution in [-0.4, -0.2) is 49.6 Å². The molecule has 0 unspecified atom stereocenters. The number of rotatable bonds is 8. The highest BCUT2D eigenvalue weighted by Gasteiger charge is 2.19. The Morgan fingerprint density at radius 2 is 2.04 bits per heavy atom. The lowest BCUT2D eigenvalue weighted by atomic mass is 10.1. The Labute approximate surface area is 140 Å². The third-order valence-corrected chi connectivity index (χ3v) is 6.07. The monoisotopic (exact) mass is 355 g/mol. The molecule has 1 atom stereocenters. The summed E-state index contributed by atoms with van der Waals surface area (Å²) in [5.74, 6) is -0.262. The first-order valence-electron chi connectivity index (χ1n) is 7.21. The first kappa shape index (κ1) is 17.7. The molecule has 1 amide bonds. The van der Waals surface area contributed by atoms with Gasteiger partial charge in [-0.1, -0.05) is 0 Å². The fourth-order valence-corrected chi connectivity index (χ4v) is 3.60. The van der Waals surface area contributed by atoms with Gasteiger partial charge in [-0.2, -0.15) is 11.3 Å². The first-order chi connectivity index (χ1) is 10.9. The lowest BCUT2D eigenvalue weighted by Gasteiger charge is -2.18. The predicted molar refractivity (Wildman–Crippen MR) is 92.0 cm³/mol. The Morgan fingerprint density at radius 1 is 1.35 bits per heavy atom. The number of nitrogens with one attached hydrogen (secondary N) is 1. The molecule has 0 aromatic carbocycles. The minimum atomic E-state index is -3.29. The number of thiophene rings is 1. The average molecular weight is 355 g/mol. The van der Waals surface area contributed by atoms with Gasteiger partial charge in [-0.05, 0) is 34.5 Å². The zero-order valence-corrected chi connectivity index (χ0v) is 14.8. The van der Waals surface area contributed by atoms with E-state index in [0.717, 1.165) is 9.87 Å². The van der Waals surface area contributed by atoms with E-state index in [1.807, 2.05) is 45.9 Å². The van der Waals surface area contributed by atoms with Gasteiger partial charge in [0.2, 0.25) is 15.9 Å². The van der Waals surface area contributed by atoms with Crippen molar-refractivity contribution in [1.29, 1.82) is 0 Å². The molecule has 2 rings (SSSR count). The Hall–Kier alpha value is -1.64. The Morgan fingerprint density at radius 3 is 2.61 bits per heavy atom. The van der Waals surface area contributed by atoms with Crippen LogP contribution in [0.5, 0.6) is 0 Å². The van der Waals surface area contributed by atoms with Gasteiger partial charge in [0.1, 0.15) is 0 Å². The number of nitrogens with zero attached hydrogens (tertiary/aromatic N) is 2. The molecule has 0 saturated heterocycles. The molecular weight excluding hydrogens is 334 g/mol. The van der Waals surface area contributed by atoms with Crippen molar-refractivity contribution in [2.24, 2.45) is 0 Å². The Kier molecular flexibility index (Phi) is 5.97. The van der Waals surface area contributed by atoms with Crippen LogP contribution >= 0.6 is 11.3 Å². The molecule has 2 heterocycles. The van der Waals surface area contributed by atoms with Gasteiger partial charge in [0.05, 0.1) is 18.2 Å². The van der Waals surface area contributed by atoms with Crippen LogP contribution in [0.2, 0.25) is 0 Å². The maximum Gasteiger partial charge on any atom is 0.222 e. The highest BCUT2D eigenvalue weighted by molar-refractivity contribution is 7.89. The van der Waals surface area contributed by atoms with Crippen molar-refractivity contribution in [2.45, 2.75) is 12.5 Å². The third-order valence-electron chi connectivity index (χ3n) is 3.53. The smallest absolute Gasteiger partial charge is 0.222 e. The molecule has 0 aliphatic rings. The van der Waals surface area contributed by atoms with Gasteiger partial charge < -0.3 is 9.88 Å². The lowest BCUT2D eigenvalue weighted by Crippen LogP contribution is -2.34. The maximum absolute atomic E-state index is 12.2. The van der Waals surface area contributed by atoms with Crippen molar-refractivity contribution in [3.63, 3.8) is 0 Å². The van der Waals surface area contributed by atoms with Crippen LogP contribution in [0.4, 0.5) is 0 Å². The van der Waals surface area contributed by atoms with Crippen LogP contribution < -0.4 is 5.32 Å². The summed E-state index contributed by atoms with van der Waals surface area (Å²) in [6.07, 6.45) is 4.12. The predicted octanol–water partition coefficient (Wildman–Crippen LogP) is 1.54. The summed E-state index contributed by atoms with van der Waals surface area (Å²) in [4.78, 5) is 12.2. The van der Waals surface area contributed by atoms with Crippen LogP contribution in [0.25, 0.3) is 0 Å². The van der Waals surface area contributed by atoms with Crippen molar-refractivity contribution in [3.05, 3.63) is 46.9 Å². The number of sulfonamides is 1. The summed E-state index contributed by atoms with van der Waals surface area (Å²) in [6.45, 7) is 0.112. The molecule has 0 fully saturated rings. The summed E-state index contributed by atoms with van der Waals surface area (Å²) >= 11 is 1.59. The van der Waals surface area contributed by atoms with E-state index in [9.17, 15) is 13.2 Å². The summed E-state index contributed by atoms with van der Waals surface area (Å²) in [5, 5.41) is 6.70. The molecule has 2 aromatic heterocycles. The second kappa shape index (κ2) is 7.76. The SMILES string of the molecule is CN(C)S(=O)(=O)CCNC(=O)C[C@@H](c1ccsc1)n1cccc1. The molecule has 1 N–H and O–H groups in total. The molecule has 8 heteroatoms. The summed E-state index contributed by atoms with van der Waals surface area (Å²) < 4.78 is 26.5. The van der Waals surface area contributed by atoms with Crippen molar-refractivity contribution < 1.29 is 13.2 Å². The first-order valence-corrected chi connectivity index (χ1v) is 9.77. The minimum absolute atomic E-state index is 0.0818. The van der Waals surface area contributed by atoms with Gasteiger partial charge >= 0.3 is 0 Å². The summed E-state index contributed by atoms with van der Waals surface area (Å²) in [6, 6.07) is 5.75. The average Bonchev–Trinajstić information content (AvgIpc) is 3.18. The summed E-state index contributed by atoms with van der Waals surface area (Å²) in [5.41, 5.74) is 1.07. The van der Waals surface area contributed by atoms with E-state index >= 15 is 0 Å². The van der Waals surface area contributed by atoms with E-state index in [1.165, 1.54) is 14.1 Å². The van der Waals surface area contributed by atoms with Crippen LogP contribution in [0, 0.1) is 0 Å². The quantitative estimate of drug-likeness (QED) is 0.781. The molecule has 0 spiro atoms. The largest absolute Gasteiger partial charge is 0.355 e. The molecule has 126 valence electrons. The number of hydrogen-bond donors (Lipinski definition) is 1. The van der Waals surface area contributed by atoms with Crippen LogP contribution in [-0.2, 0) is 14.8 Å². The van der Waals surface area contributed by atoms with Crippen molar-refractivity contribution in [2.75, 3.05) is 26.4 Å². The van der Waals surface area contributed by atoms with E-state index in [4.69, 9.17) is 0 Å². The Bertz CT molecular complexity index is 673. The zero-order chi connectivity index (χ0) is 16.9. The van der Waals surface area contributed by atoms with Crippen LogP contribution in [0.15, 0.2) is 41.4 Å². The highest BCUT2D eigenvalue weighted by atomic mass is 32.2. The molecule has 0 aliphatic heterocycles. The minimum Gasteiger partial charge on any atom is -0.355 e. The molecule has 0 aliphatic carbocycles. The van der Waals surface area contributed by atoms with Gasteiger partial charge in [0, 0.05) is 33.0 Å². The molecule has 0 radical (unpaired) electrons. The topological polar surface area (TPSA) is 71.4 Å². The molecule has 0 saturated carbocycles. The van der Waals surface area contributed by atoms with E-state index in [0.29, 0.717) is 0 Å². The van der Waals surface area contributed by atoms with Crippen molar-refractivity contribution >= 4 is 27.3 Å². The van der Waals surface area contributed by atoms with E-state index < -0.39 is 10.0 Å². The van der Waals surface area contributed by atoms with Crippen LogP contribution in [0.3, 0.4) is 0 Å². The zero-order valence-electron chi connectivity index (χ0n) is 13.2. The number of hydrogen-bond acceptors (Lipinski definition) is 4. The number of carbonyl (C=O) groups is 1. The van der Waals surface area contributed by atoms with E-state index in [1.54, 1.807) is 11.3 Å². The second-order valence-corrected chi connectivity index (χ2v) is 8.44. The second-order valence-electron chi connectivity index (χ2n) is 5.36. The normalized spacial score (nSPS) is 13.2. The van der Waals surface area contributed by atoms with Gasteiger partial charge in [0.15, 0.2) is 0 Å². The third kappa shape index (κ3) is 4.92. The van der Waals surface area contributed by atoms with Crippen molar-refractivity contribution in [1.82, 2.24) is 14.2 Å². The fraction of sp³-hybridized carbons (Fsp3) is 0.400. The molecular formula is C15H21N3O3S2. The molecule has 23 heavy (non-hydrogen) atoms. The standard InChI is InChI=1S/C15H21N3O3S2/c1-17(2)23(20,21)10-6-16-15(19)11-14(13-5-9-22-12-13)18-7-3-4-8-18/h3-5,7-9,12,14H,6,10-11H2,1-2H3,(H,16,19)/t14-/m0/s1. The van der Waals surface area contributed by atoms with Gasteiger partial charge in [-0.25, -0.2) is 12.7 Å². The molecule has 2 aromatic rings. The number of carbonyl (C=O) groups excluding carboxylic acids is 1. The molecule has 6 nitrogen and oxygen atoms in total. The molecule has 0 bridgehead atoms. The highest BCUT2D eigenvalue weighted by Crippen LogP contribution is 2.24. The summed E-state index contributed by atoms with van der Waals surface area (Å²) in [7, 11) is -0.330. The van der Waals surface area contributed by atoms with Gasteiger partial charge in [-0.3, -0.25) is 4.79 Å². The van der Waals surface area contributed by atoms with E-state index in [-0.39, 0.29) is 30.7 Å².